The Hall–Kier alpha value is -2.29. The highest BCUT2D eigenvalue weighted by Crippen LogP contribution is 2.25. The van der Waals surface area contributed by atoms with Crippen LogP contribution in [0.2, 0.25) is 0 Å². The van der Waals surface area contributed by atoms with Gasteiger partial charge in [-0.15, -0.1) is 0 Å². The number of aryl methyl sites for hydroxylation is 1. The summed E-state index contributed by atoms with van der Waals surface area (Å²) >= 11 is 0. The molecule has 0 atom stereocenters. The van der Waals surface area contributed by atoms with Crippen LogP contribution in [0.25, 0.3) is 11.1 Å². The van der Waals surface area contributed by atoms with Crippen LogP contribution in [-0.4, -0.2) is 12.0 Å². The van der Waals surface area contributed by atoms with Crippen molar-refractivity contribution in [1.29, 1.82) is 0 Å². The van der Waals surface area contributed by atoms with Crippen molar-refractivity contribution in [3.05, 3.63) is 59.5 Å². The van der Waals surface area contributed by atoms with Gasteiger partial charge in [-0.2, -0.15) is 0 Å². The second-order valence-corrected chi connectivity index (χ2v) is 4.66. The number of nitrogens with zero attached hydrogens (tertiary/aromatic N) is 1. The molecule has 96 valence electrons. The molecule has 0 radical (unpaired) electrons. The lowest BCUT2D eigenvalue weighted by atomic mass is 10.1. The Labute approximate surface area is 112 Å². The Morgan fingerprint density at radius 1 is 1.16 bits per heavy atom. The van der Waals surface area contributed by atoms with Gasteiger partial charge in [0.05, 0.1) is 0 Å². The van der Waals surface area contributed by atoms with Crippen LogP contribution in [0.4, 0.5) is 5.69 Å². The van der Waals surface area contributed by atoms with Gasteiger partial charge in [0.2, 0.25) is 0 Å². The first-order valence-corrected chi connectivity index (χ1v) is 6.38. The number of aromatic nitrogens is 1. The van der Waals surface area contributed by atoms with Crippen LogP contribution < -0.4 is 5.32 Å². The highest BCUT2D eigenvalue weighted by Gasteiger charge is 2.09. The molecule has 0 saturated carbocycles. The molecule has 3 aromatic rings. The summed E-state index contributed by atoms with van der Waals surface area (Å²) in [7, 11) is 1.91. The molecule has 0 spiro atoms. The lowest BCUT2D eigenvalue weighted by Gasteiger charge is -2.00. The molecule has 1 N–H and O–H groups in total. The zero-order chi connectivity index (χ0) is 13.2. The lowest BCUT2D eigenvalue weighted by Crippen LogP contribution is -1.88. The first-order valence-electron chi connectivity index (χ1n) is 6.38. The maximum absolute atomic E-state index is 5.86. The summed E-state index contributed by atoms with van der Waals surface area (Å²) in [5.74, 6) is 0.762. The minimum atomic E-state index is 0.726. The predicted octanol–water partition coefficient (Wildman–Crippen LogP) is 3.77. The molecule has 0 aliphatic rings. The van der Waals surface area contributed by atoms with E-state index in [1.807, 2.05) is 38.2 Å². The monoisotopic (exact) mass is 252 g/mol. The van der Waals surface area contributed by atoms with Crippen LogP contribution in [0.5, 0.6) is 0 Å². The minimum Gasteiger partial charge on any atom is -0.440 e. The van der Waals surface area contributed by atoms with E-state index in [0.29, 0.717) is 0 Å². The molecule has 0 amide bonds. The highest BCUT2D eigenvalue weighted by atomic mass is 16.3. The Morgan fingerprint density at radius 2 is 1.95 bits per heavy atom. The molecule has 0 aliphatic heterocycles. The fourth-order valence-electron chi connectivity index (χ4n) is 2.24. The third-order valence-corrected chi connectivity index (χ3v) is 3.21. The van der Waals surface area contributed by atoms with E-state index in [2.05, 4.69) is 28.5 Å². The number of hydrogen-bond donors (Lipinski definition) is 1. The van der Waals surface area contributed by atoms with Crippen LogP contribution in [-0.2, 0) is 6.42 Å². The van der Waals surface area contributed by atoms with Crippen LogP contribution in [0.1, 0.15) is 17.0 Å². The van der Waals surface area contributed by atoms with Crippen molar-refractivity contribution in [2.24, 2.45) is 0 Å². The topological polar surface area (TPSA) is 38.1 Å². The van der Waals surface area contributed by atoms with E-state index >= 15 is 0 Å². The van der Waals surface area contributed by atoms with Crippen molar-refractivity contribution in [3.8, 4) is 0 Å². The minimum absolute atomic E-state index is 0.726. The third kappa shape index (κ3) is 2.32. The number of fused-ring (bicyclic) bond motifs is 1. The van der Waals surface area contributed by atoms with Crippen molar-refractivity contribution in [2.45, 2.75) is 13.3 Å². The standard InChI is InChI=1S/C16H16N2O/c1-11-8-13(17-2)10-14-16(11)19-15(18-14)9-12-6-4-3-5-7-12/h3-8,10,17H,9H2,1-2H3. The van der Waals surface area contributed by atoms with E-state index in [1.165, 1.54) is 5.56 Å². The van der Waals surface area contributed by atoms with Gasteiger partial charge in [0.25, 0.3) is 0 Å². The summed E-state index contributed by atoms with van der Waals surface area (Å²) < 4.78 is 5.86. The van der Waals surface area contributed by atoms with E-state index in [0.717, 1.165) is 34.7 Å². The fourth-order valence-corrected chi connectivity index (χ4v) is 2.24. The van der Waals surface area contributed by atoms with Crippen LogP contribution in [0, 0.1) is 6.92 Å². The smallest absolute Gasteiger partial charge is 0.199 e. The summed E-state index contributed by atoms with van der Waals surface area (Å²) in [5.41, 5.74) is 5.17. The molecule has 0 unspecified atom stereocenters. The van der Waals surface area contributed by atoms with Crippen LogP contribution >= 0.6 is 0 Å². The van der Waals surface area contributed by atoms with Gasteiger partial charge in [-0.05, 0) is 30.2 Å². The number of rotatable bonds is 3. The van der Waals surface area contributed by atoms with Crippen molar-refractivity contribution in [3.63, 3.8) is 0 Å². The third-order valence-electron chi connectivity index (χ3n) is 3.21. The SMILES string of the molecule is CNc1cc(C)c2oc(Cc3ccccc3)nc2c1. The van der Waals surface area contributed by atoms with Gasteiger partial charge in [0, 0.05) is 19.2 Å². The summed E-state index contributed by atoms with van der Waals surface area (Å²) in [4.78, 5) is 4.57. The molecule has 3 rings (SSSR count). The molecular formula is C16H16N2O. The molecule has 3 heteroatoms. The molecule has 0 saturated heterocycles. The summed E-state index contributed by atoms with van der Waals surface area (Å²) in [6, 6.07) is 14.3. The molecule has 0 fully saturated rings. The Balaban J connectivity index is 2.00. The van der Waals surface area contributed by atoms with Crippen molar-refractivity contribution < 1.29 is 4.42 Å². The Morgan fingerprint density at radius 3 is 2.68 bits per heavy atom. The average molecular weight is 252 g/mol. The van der Waals surface area contributed by atoms with E-state index < -0.39 is 0 Å². The number of oxazole rings is 1. The van der Waals surface area contributed by atoms with Gasteiger partial charge in [0.15, 0.2) is 11.5 Å². The zero-order valence-electron chi connectivity index (χ0n) is 11.1. The molecule has 2 aromatic carbocycles. The van der Waals surface area contributed by atoms with Crippen molar-refractivity contribution in [1.82, 2.24) is 4.98 Å². The van der Waals surface area contributed by atoms with Gasteiger partial charge in [-0.1, -0.05) is 30.3 Å². The summed E-state index contributed by atoms with van der Waals surface area (Å²) in [5, 5.41) is 3.14. The molecule has 1 heterocycles. The van der Waals surface area contributed by atoms with Crippen molar-refractivity contribution in [2.75, 3.05) is 12.4 Å². The van der Waals surface area contributed by atoms with E-state index in [-0.39, 0.29) is 0 Å². The van der Waals surface area contributed by atoms with Gasteiger partial charge in [-0.25, -0.2) is 4.98 Å². The molecule has 19 heavy (non-hydrogen) atoms. The first-order chi connectivity index (χ1) is 9.26. The Kier molecular flexibility index (Phi) is 2.95. The first kappa shape index (κ1) is 11.8. The van der Waals surface area contributed by atoms with Gasteiger partial charge in [0.1, 0.15) is 5.52 Å². The average Bonchev–Trinajstić information content (AvgIpc) is 2.83. The second kappa shape index (κ2) is 4.76. The van der Waals surface area contributed by atoms with E-state index in [9.17, 15) is 0 Å². The number of hydrogen-bond acceptors (Lipinski definition) is 3. The second-order valence-electron chi connectivity index (χ2n) is 4.66. The lowest BCUT2D eigenvalue weighted by molar-refractivity contribution is 0.542. The maximum Gasteiger partial charge on any atom is 0.199 e. The maximum atomic E-state index is 5.86. The Bertz CT molecular complexity index is 701. The number of nitrogens with one attached hydrogen (secondary N) is 1. The summed E-state index contributed by atoms with van der Waals surface area (Å²) in [6.07, 6.45) is 0.726. The fraction of sp³-hybridized carbons (Fsp3) is 0.188. The van der Waals surface area contributed by atoms with E-state index in [1.54, 1.807) is 0 Å². The molecule has 0 aliphatic carbocycles. The summed E-state index contributed by atoms with van der Waals surface area (Å²) in [6.45, 7) is 2.04. The molecule has 0 bridgehead atoms. The van der Waals surface area contributed by atoms with E-state index in [4.69, 9.17) is 4.42 Å². The largest absolute Gasteiger partial charge is 0.440 e. The number of anilines is 1. The highest BCUT2D eigenvalue weighted by molar-refractivity contribution is 5.80. The van der Waals surface area contributed by atoms with Crippen LogP contribution in [0.15, 0.2) is 46.9 Å². The van der Waals surface area contributed by atoms with Crippen molar-refractivity contribution >= 4 is 16.8 Å². The quantitative estimate of drug-likeness (QED) is 0.771. The molecule has 3 nitrogen and oxygen atoms in total. The van der Waals surface area contributed by atoms with Gasteiger partial charge in [-0.3, -0.25) is 0 Å². The normalized spacial score (nSPS) is 10.8. The van der Waals surface area contributed by atoms with Gasteiger partial charge < -0.3 is 9.73 Å². The molecular weight excluding hydrogens is 236 g/mol. The molecule has 1 aromatic heterocycles. The van der Waals surface area contributed by atoms with Gasteiger partial charge >= 0.3 is 0 Å². The van der Waals surface area contributed by atoms with Crippen LogP contribution in [0.3, 0.4) is 0 Å². The zero-order valence-corrected chi connectivity index (χ0v) is 11.1. The predicted molar refractivity (Wildman–Crippen MR) is 77.5 cm³/mol. The number of benzene rings is 2.